The summed E-state index contributed by atoms with van der Waals surface area (Å²) in [5.74, 6) is 0.700. The Labute approximate surface area is 194 Å². The minimum Gasteiger partial charge on any atom is -0.334 e. The smallest absolute Gasteiger partial charge is 0.334 e. The van der Waals surface area contributed by atoms with Crippen molar-refractivity contribution in [2.45, 2.75) is 68.1 Å². The molecule has 1 atom stereocenters. The van der Waals surface area contributed by atoms with Gasteiger partial charge in [-0.2, -0.15) is 23.2 Å². The van der Waals surface area contributed by atoms with Gasteiger partial charge >= 0.3 is 6.18 Å². The largest absolute Gasteiger partial charge is 0.404 e. The maximum Gasteiger partial charge on any atom is 0.404 e. The molecule has 0 radical (unpaired) electrons. The van der Waals surface area contributed by atoms with E-state index in [0.29, 0.717) is 17.2 Å². The lowest BCUT2D eigenvalue weighted by atomic mass is 9.92. The highest BCUT2D eigenvalue weighted by Gasteiger charge is 2.39. The van der Waals surface area contributed by atoms with Crippen LogP contribution in [0.25, 0.3) is 22.4 Å². The van der Waals surface area contributed by atoms with E-state index in [2.05, 4.69) is 26.7 Å². The molecular weight excluding hydrogens is 467 g/mol. The Kier molecular flexibility index (Phi) is 5.41. The van der Waals surface area contributed by atoms with Crippen molar-refractivity contribution in [3.63, 3.8) is 0 Å². The van der Waals surface area contributed by atoms with Crippen LogP contribution in [0.4, 0.5) is 13.2 Å². The predicted molar refractivity (Wildman–Crippen MR) is 118 cm³/mol. The van der Waals surface area contributed by atoms with Crippen molar-refractivity contribution in [1.82, 2.24) is 19.3 Å². The Morgan fingerprint density at radius 1 is 1.18 bits per heavy atom. The van der Waals surface area contributed by atoms with Crippen molar-refractivity contribution in [3.05, 3.63) is 41.7 Å². The molecular formula is C23H22F3N5O2S. The van der Waals surface area contributed by atoms with E-state index in [4.69, 9.17) is 0 Å². The number of rotatable bonds is 6. The number of alkyl halides is 3. The molecule has 5 rings (SSSR count). The van der Waals surface area contributed by atoms with Crippen molar-refractivity contribution in [3.8, 4) is 17.6 Å². The molecule has 2 aliphatic carbocycles. The average molecular weight is 490 g/mol. The minimum atomic E-state index is -4.72. The summed E-state index contributed by atoms with van der Waals surface area (Å²) in [6, 6.07) is 6.28. The van der Waals surface area contributed by atoms with Gasteiger partial charge in [0.1, 0.15) is 22.7 Å². The lowest BCUT2D eigenvalue weighted by molar-refractivity contribution is -0.147. The first-order valence-corrected chi connectivity index (χ1v) is 12.6. The van der Waals surface area contributed by atoms with Gasteiger partial charge in [-0.25, -0.2) is 18.4 Å². The quantitative estimate of drug-likeness (QED) is 0.536. The Morgan fingerprint density at radius 3 is 2.38 bits per heavy atom. The van der Waals surface area contributed by atoms with Gasteiger partial charge in [-0.05, 0) is 56.6 Å². The molecule has 0 aliphatic heterocycles. The van der Waals surface area contributed by atoms with Crippen molar-refractivity contribution >= 4 is 20.9 Å². The average Bonchev–Trinajstić information content (AvgIpc) is 3.55. The van der Waals surface area contributed by atoms with E-state index < -0.39 is 27.1 Å². The maximum absolute atomic E-state index is 12.8. The van der Waals surface area contributed by atoms with Crippen LogP contribution in [0.3, 0.4) is 0 Å². The third kappa shape index (κ3) is 3.95. The van der Waals surface area contributed by atoms with E-state index in [1.807, 2.05) is 12.1 Å². The number of nitriles is 1. The number of aromatic nitrogens is 3. The van der Waals surface area contributed by atoms with Gasteiger partial charge in [0.25, 0.3) is 0 Å². The zero-order valence-corrected chi connectivity index (χ0v) is 19.1. The fraction of sp³-hybridized carbons (Fsp3) is 0.435. The monoisotopic (exact) mass is 489 g/mol. The Hall–Kier alpha value is -2.97. The molecule has 2 heterocycles. The van der Waals surface area contributed by atoms with Crippen LogP contribution in [0.15, 0.2) is 35.5 Å². The SMILES string of the molecule is CC(NS(=O)(=O)c1cnc(-c2c(C#N)c3ccc(C4CC4)cc3n2C2CCC2)nc1)C(F)(F)F. The van der Waals surface area contributed by atoms with Gasteiger partial charge < -0.3 is 4.57 Å². The number of nitrogens with one attached hydrogen (secondary N) is 1. The standard InChI is InChI=1S/C23H22F3N5O2S/c1-13(23(24,25)26)30-34(32,33)17-11-28-22(29-12-17)21-19(10-27)18-8-7-15(14-5-6-14)9-20(18)31(21)16-3-2-4-16/h7-9,11-14,16,30H,2-6H2,1H3. The Bertz CT molecular complexity index is 1400. The molecule has 0 amide bonds. The molecule has 34 heavy (non-hydrogen) atoms. The third-order valence-corrected chi connectivity index (χ3v) is 8.10. The summed E-state index contributed by atoms with van der Waals surface area (Å²) in [6.45, 7) is 0.721. The summed E-state index contributed by atoms with van der Waals surface area (Å²) in [4.78, 5) is 7.87. The van der Waals surface area contributed by atoms with Crippen molar-refractivity contribution in [2.24, 2.45) is 0 Å². The van der Waals surface area contributed by atoms with Crippen molar-refractivity contribution < 1.29 is 21.6 Å². The zero-order valence-electron chi connectivity index (χ0n) is 18.3. The minimum absolute atomic E-state index is 0.162. The first kappa shape index (κ1) is 22.8. The fourth-order valence-electron chi connectivity index (χ4n) is 4.30. The van der Waals surface area contributed by atoms with E-state index >= 15 is 0 Å². The highest BCUT2D eigenvalue weighted by atomic mass is 32.2. The van der Waals surface area contributed by atoms with Crippen LogP contribution in [-0.4, -0.2) is 35.2 Å². The number of nitrogens with zero attached hydrogens (tertiary/aromatic N) is 4. The van der Waals surface area contributed by atoms with Gasteiger partial charge in [0.15, 0.2) is 5.82 Å². The molecule has 2 aromatic heterocycles. The van der Waals surface area contributed by atoms with Crippen LogP contribution >= 0.6 is 0 Å². The lowest BCUT2D eigenvalue weighted by Gasteiger charge is -2.29. The van der Waals surface area contributed by atoms with Gasteiger partial charge in [0.05, 0.1) is 23.5 Å². The van der Waals surface area contributed by atoms with E-state index in [9.17, 15) is 26.9 Å². The topological polar surface area (TPSA) is 101 Å². The summed E-state index contributed by atoms with van der Waals surface area (Å²) >= 11 is 0. The first-order chi connectivity index (χ1) is 16.1. The van der Waals surface area contributed by atoms with Gasteiger partial charge in [-0.15, -0.1) is 0 Å². The summed E-state index contributed by atoms with van der Waals surface area (Å²) in [6.07, 6.45) is 2.48. The molecule has 1 N–H and O–H groups in total. The number of hydrogen-bond acceptors (Lipinski definition) is 5. The number of halogens is 3. The summed E-state index contributed by atoms with van der Waals surface area (Å²) in [5, 5.41) is 10.8. The molecule has 178 valence electrons. The Balaban J connectivity index is 1.58. The number of hydrogen-bond donors (Lipinski definition) is 1. The van der Waals surface area contributed by atoms with Crippen LogP contribution in [0.2, 0.25) is 0 Å². The molecule has 2 fully saturated rings. The zero-order chi connectivity index (χ0) is 24.3. The second-order valence-electron chi connectivity index (χ2n) is 8.97. The van der Waals surface area contributed by atoms with Crippen LogP contribution in [0, 0.1) is 11.3 Å². The van der Waals surface area contributed by atoms with E-state index in [-0.39, 0.29) is 11.9 Å². The number of benzene rings is 1. The molecule has 0 spiro atoms. The van der Waals surface area contributed by atoms with E-state index in [0.717, 1.165) is 62.3 Å². The molecule has 3 aromatic rings. The molecule has 11 heteroatoms. The van der Waals surface area contributed by atoms with Crippen LogP contribution in [0.1, 0.15) is 62.1 Å². The summed E-state index contributed by atoms with van der Waals surface area (Å²) in [5.41, 5.74) is 3.08. The van der Waals surface area contributed by atoms with Crippen molar-refractivity contribution in [1.29, 1.82) is 5.26 Å². The second-order valence-corrected chi connectivity index (χ2v) is 10.7. The Morgan fingerprint density at radius 2 is 1.85 bits per heavy atom. The van der Waals surface area contributed by atoms with Gasteiger partial charge in [-0.3, -0.25) is 0 Å². The first-order valence-electron chi connectivity index (χ1n) is 11.1. The summed E-state index contributed by atoms with van der Waals surface area (Å²) < 4.78 is 66.9. The lowest BCUT2D eigenvalue weighted by Crippen LogP contribution is -2.43. The predicted octanol–water partition coefficient (Wildman–Crippen LogP) is 4.80. The summed E-state index contributed by atoms with van der Waals surface area (Å²) in [7, 11) is -4.48. The van der Waals surface area contributed by atoms with Gasteiger partial charge in [0.2, 0.25) is 10.0 Å². The molecule has 0 saturated heterocycles. The molecule has 7 nitrogen and oxygen atoms in total. The molecule has 2 saturated carbocycles. The van der Waals surface area contributed by atoms with Gasteiger partial charge in [-0.1, -0.05) is 12.1 Å². The second kappa shape index (κ2) is 8.06. The highest BCUT2D eigenvalue weighted by molar-refractivity contribution is 7.89. The molecule has 0 bridgehead atoms. The van der Waals surface area contributed by atoms with Crippen molar-refractivity contribution in [2.75, 3.05) is 0 Å². The van der Waals surface area contributed by atoms with Crippen LogP contribution < -0.4 is 4.72 Å². The molecule has 1 aromatic carbocycles. The third-order valence-electron chi connectivity index (χ3n) is 6.60. The van der Waals surface area contributed by atoms with Crippen LogP contribution in [0.5, 0.6) is 0 Å². The van der Waals surface area contributed by atoms with Crippen LogP contribution in [-0.2, 0) is 10.0 Å². The maximum atomic E-state index is 12.8. The number of fused-ring (bicyclic) bond motifs is 1. The highest BCUT2D eigenvalue weighted by Crippen LogP contribution is 2.45. The molecule has 1 unspecified atom stereocenters. The molecule has 2 aliphatic rings. The van der Waals surface area contributed by atoms with E-state index in [1.165, 1.54) is 5.56 Å². The van der Waals surface area contributed by atoms with E-state index in [1.54, 1.807) is 4.72 Å². The number of sulfonamides is 1. The van der Waals surface area contributed by atoms with Gasteiger partial charge in [0, 0.05) is 11.4 Å². The normalized spacial score (nSPS) is 18.0. The fourth-order valence-corrected chi connectivity index (χ4v) is 5.42.